The molecular weight excluding hydrogens is 417 g/mol. The van der Waals surface area contributed by atoms with E-state index in [-0.39, 0.29) is 18.2 Å². The Morgan fingerprint density at radius 1 is 1.27 bits per heavy atom. The third-order valence-electron chi connectivity index (χ3n) is 3.57. The van der Waals surface area contributed by atoms with Crippen LogP contribution in [-0.4, -0.2) is 62.0 Å². The van der Waals surface area contributed by atoms with Crippen LogP contribution in [0.15, 0.2) is 24.3 Å². The van der Waals surface area contributed by atoms with Crippen LogP contribution in [0.4, 0.5) is 5.69 Å². The van der Waals surface area contributed by atoms with Crippen molar-refractivity contribution in [3.05, 3.63) is 27.8 Å². The number of carbonyl (C=O) groups excluding carboxylic acids is 1. The molecule has 0 radical (unpaired) electrons. The number of piperazine rings is 1. The van der Waals surface area contributed by atoms with Gasteiger partial charge in [-0.1, -0.05) is 6.07 Å². The van der Waals surface area contributed by atoms with Crippen LogP contribution in [0.25, 0.3) is 0 Å². The molecule has 1 fully saturated rings. The minimum Gasteiger partial charge on any atom is -0.325 e. The molecule has 1 aliphatic rings. The van der Waals surface area contributed by atoms with Crippen molar-refractivity contribution in [3.8, 4) is 0 Å². The summed E-state index contributed by atoms with van der Waals surface area (Å²) in [4.78, 5) is 14.0. The number of benzene rings is 1. The van der Waals surface area contributed by atoms with E-state index in [1.807, 2.05) is 29.2 Å². The third kappa shape index (κ3) is 4.90. The minimum atomic E-state index is -3.12. The SMILES string of the molecule is CCS(=O)(=O)N1CCN(CC(=O)Nc2cccc(I)c2)CC1. The lowest BCUT2D eigenvalue weighted by Gasteiger charge is -2.33. The van der Waals surface area contributed by atoms with Crippen LogP contribution in [0.2, 0.25) is 0 Å². The van der Waals surface area contributed by atoms with Crippen LogP contribution >= 0.6 is 22.6 Å². The Morgan fingerprint density at radius 3 is 2.55 bits per heavy atom. The van der Waals surface area contributed by atoms with Crippen LogP contribution < -0.4 is 5.32 Å². The van der Waals surface area contributed by atoms with Crippen LogP contribution in [0.1, 0.15) is 6.92 Å². The Hall–Kier alpha value is -0.710. The zero-order chi connectivity index (χ0) is 16.2. The topological polar surface area (TPSA) is 69.7 Å². The van der Waals surface area contributed by atoms with Gasteiger partial charge in [-0.25, -0.2) is 8.42 Å². The van der Waals surface area contributed by atoms with Gasteiger partial charge in [0.05, 0.1) is 12.3 Å². The van der Waals surface area contributed by atoms with Gasteiger partial charge in [-0.05, 0) is 47.7 Å². The van der Waals surface area contributed by atoms with Crippen molar-refractivity contribution in [1.82, 2.24) is 9.21 Å². The number of anilines is 1. The first-order valence-corrected chi connectivity index (χ1v) is 9.85. The van der Waals surface area contributed by atoms with Gasteiger partial charge in [0, 0.05) is 35.4 Å². The second-order valence-corrected chi connectivity index (χ2v) is 8.64. The van der Waals surface area contributed by atoms with Gasteiger partial charge in [0.15, 0.2) is 0 Å². The number of nitrogens with zero attached hydrogens (tertiary/aromatic N) is 2. The van der Waals surface area contributed by atoms with Gasteiger partial charge in [0.2, 0.25) is 15.9 Å². The quantitative estimate of drug-likeness (QED) is 0.704. The van der Waals surface area contributed by atoms with Crippen molar-refractivity contribution in [2.24, 2.45) is 0 Å². The number of halogens is 1. The zero-order valence-corrected chi connectivity index (χ0v) is 15.4. The second kappa shape index (κ2) is 7.71. The normalized spacial score (nSPS) is 17.4. The van der Waals surface area contributed by atoms with Gasteiger partial charge in [-0.2, -0.15) is 4.31 Å². The lowest BCUT2D eigenvalue weighted by atomic mass is 10.3. The van der Waals surface area contributed by atoms with E-state index in [4.69, 9.17) is 0 Å². The highest BCUT2D eigenvalue weighted by atomic mass is 127. The fraction of sp³-hybridized carbons (Fsp3) is 0.500. The lowest BCUT2D eigenvalue weighted by Crippen LogP contribution is -2.50. The molecule has 0 saturated carbocycles. The minimum absolute atomic E-state index is 0.0752. The first-order valence-electron chi connectivity index (χ1n) is 7.16. The predicted octanol–water partition coefficient (Wildman–Crippen LogP) is 1.20. The molecule has 1 N–H and O–H groups in total. The fourth-order valence-corrected chi connectivity index (χ4v) is 3.95. The zero-order valence-electron chi connectivity index (χ0n) is 12.5. The lowest BCUT2D eigenvalue weighted by molar-refractivity contribution is -0.117. The maximum absolute atomic E-state index is 12.0. The molecule has 22 heavy (non-hydrogen) atoms. The van der Waals surface area contributed by atoms with Crippen LogP contribution in [0, 0.1) is 3.57 Å². The summed E-state index contributed by atoms with van der Waals surface area (Å²) in [5.41, 5.74) is 0.782. The molecule has 1 aromatic rings. The van der Waals surface area contributed by atoms with Crippen molar-refractivity contribution < 1.29 is 13.2 Å². The largest absolute Gasteiger partial charge is 0.325 e. The van der Waals surface area contributed by atoms with Gasteiger partial charge < -0.3 is 5.32 Å². The molecule has 0 aromatic heterocycles. The van der Waals surface area contributed by atoms with E-state index < -0.39 is 10.0 Å². The average molecular weight is 437 g/mol. The maximum Gasteiger partial charge on any atom is 0.238 e. The molecule has 122 valence electrons. The smallest absolute Gasteiger partial charge is 0.238 e. The molecule has 0 unspecified atom stereocenters. The first-order chi connectivity index (χ1) is 10.4. The van der Waals surface area contributed by atoms with Gasteiger partial charge >= 0.3 is 0 Å². The summed E-state index contributed by atoms with van der Waals surface area (Å²) in [5, 5.41) is 2.87. The summed E-state index contributed by atoms with van der Waals surface area (Å²) >= 11 is 2.20. The molecule has 1 aromatic carbocycles. The highest BCUT2D eigenvalue weighted by Gasteiger charge is 2.26. The molecule has 8 heteroatoms. The van der Waals surface area contributed by atoms with E-state index in [1.165, 1.54) is 4.31 Å². The maximum atomic E-state index is 12.0. The second-order valence-electron chi connectivity index (χ2n) is 5.13. The van der Waals surface area contributed by atoms with Crippen LogP contribution in [-0.2, 0) is 14.8 Å². The van der Waals surface area contributed by atoms with Crippen molar-refractivity contribution in [1.29, 1.82) is 0 Å². The predicted molar refractivity (Wildman–Crippen MR) is 95.3 cm³/mol. The number of amides is 1. The summed E-state index contributed by atoms with van der Waals surface area (Å²) in [6.45, 7) is 4.00. The van der Waals surface area contributed by atoms with Gasteiger partial charge in [-0.15, -0.1) is 0 Å². The van der Waals surface area contributed by atoms with E-state index in [1.54, 1.807) is 6.92 Å². The molecule has 1 amide bonds. The van der Waals surface area contributed by atoms with E-state index >= 15 is 0 Å². The Morgan fingerprint density at radius 2 is 1.95 bits per heavy atom. The summed E-state index contributed by atoms with van der Waals surface area (Å²) in [7, 11) is -3.12. The standard InChI is InChI=1S/C14H20IN3O3S/c1-2-22(20,21)18-8-6-17(7-9-18)11-14(19)16-13-5-3-4-12(15)10-13/h3-5,10H,2,6-9,11H2,1H3,(H,16,19). The summed E-state index contributed by atoms with van der Waals surface area (Å²) in [6.07, 6.45) is 0. The molecular formula is C14H20IN3O3S. The van der Waals surface area contributed by atoms with Crippen LogP contribution in [0.5, 0.6) is 0 Å². The third-order valence-corrected chi connectivity index (χ3v) is 6.12. The van der Waals surface area contributed by atoms with E-state index in [2.05, 4.69) is 27.9 Å². The van der Waals surface area contributed by atoms with Gasteiger partial charge in [0.1, 0.15) is 0 Å². The average Bonchev–Trinajstić information content (AvgIpc) is 2.47. The summed E-state index contributed by atoms with van der Waals surface area (Å²) < 4.78 is 26.1. The highest BCUT2D eigenvalue weighted by Crippen LogP contribution is 2.13. The Balaban J connectivity index is 1.82. The first kappa shape index (κ1) is 17.6. The number of nitrogens with one attached hydrogen (secondary N) is 1. The Kier molecular flexibility index (Phi) is 6.18. The summed E-state index contributed by atoms with van der Waals surface area (Å²) in [5.74, 6) is 0.0499. The molecule has 0 spiro atoms. The number of sulfonamides is 1. The van der Waals surface area contributed by atoms with Gasteiger partial charge in [0.25, 0.3) is 0 Å². The highest BCUT2D eigenvalue weighted by molar-refractivity contribution is 14.1. The number of carbonyl (C=O) groups is 1. The van der Waals surface area contributed by atoms with E-state index in [0.29, 0.717) is 26.2 Å². The summed E-state index contributed by atoms with van der Waals surface area (Å²) in [6, 6.07) is 7.62. The monoisotopic (exact) mass is 437 g/mol. The molecule has 1 aliphatic heterocycles. The molecule has 1 saturated heterocycles. The van der Waals surface area contributed by atoms with Crippen molar-refractivity contribution in [2.45, 2.75) is 6.92 Å². The van der Waals surface area contributed by atoms with Crippen molar-refractivity contribution in [2.75, 3.05) is 43.8 Å². The molecule has 1 heterocycles. The molecule has 0 bridgehead atoms. The number of hydrogen-bond acceptors (Lipinski definition) is 4. The Labute approximate surface area is 145 Å². The van der Waals surface area contributed by atoms with E-state index in [0.717, 1.165) is 9.26 Å². The number of rotatable bonds is 5. The van der Waals surface area contributed by atoms with Crippen molar-refractivity contribution >= 4 is 44.2 Å². The molecule has 0 aliphatic carbocycles. The van der Waals surface area contributed by atoms with E-state index in [9.17, 15) is 13.2 Å². The molecule has 6 nitrogen and oxygen atoms in total. The van der Waals surface area contributed by atoms with Gasteiger partial charge in [-0.3, -0.25) is 9.69 Å². The Bertz CT molecular complexity index is 628. The molecule has 2 rings (SSSR count). The molecule has 0 atom stereocenters. The van der Waals surface area contributed by atoms with Crippen molar-refractivity contribution in [3.63, 3.8) is 0 Å². The van der Waals surface area contributed by atoms with Crippen LogP contribution in [0.3, 0.4) is 0 Å². The fourth-order valence-electron chi connectivity index (χ4n) is 2.32. The number of hydrogen-bond donors (Lipinski definition) is 1.